The van der Waals surface area contributed by atoms with Gasteiger partial charge in [-0.3, -0.25) is 9.69 Å². The minimum atomic E-state index is -2.93. The van der Waals surface area contributed by atoms with Gasteiger partial charge in [0, 0.05) is 4.47 Å². The summed E-state index contributed by atoms with van der Waals surface area (Å²) in [5.41, 5.74) is 0.0212. The van der Waals surface area contributed by atoms with Crippen LogP contribution in [0.25, 0.3) is 0 Å². The highest BCUT2D eigenvalue weighted by Crippen LogP contribution is 2.31. The van der Waals surface area contributed by atoms with Crippen molar-refractivity contribution >= 4 is 27.9 Å². The molecule has 3 rings (SSSR count). The molecule has 3 amide bonds. The first kappa shape index (κ1) is 18.3. The second kappa shape index (κ2) is 7.03. The summed E-state index contributed by atoms with van der Waals surface area (Å²) in [6, 6.07) is 12.4. The Morgan fingerprint density at radius 3 is 2.31 bits per heavy atom. The van der Waals surface area contributed by atoms with Gasteiger partial charge in [-0.2, -0.15) is 8.78 Å². The Labute approximate surface area is 157 Å². The molecule has 0 saturated carbocycles. The lowest BCUT2D eigenvalue weighted by atomic mass is 9.92. The van der Waals surface area contributed by atoms with Crippen LogP contribution in [0.15, 0.2) is 53.0 Å². The number of halogens is 3. The Morgan fingerprint density at radius 2 is 1.73 bits per heavy atom. The van der Waals surface area contributed by atoms with Crippen molar-refractivity contribution in [3.8, 4) is 5.75 Å². The first-order valence-corrected chi connectivity index (χ1v) is 8.53. The fraction of sp³-hybridized carbons (Fsp3) is 0.222. The van der Waals surface area contributed by atoms with Gasteiger partial charge in [0.1, 0.15) is 11.3 Å². The molecular formula is C18H15BrF2N2O3. The molecule has 0 unspecified atom stereocenters. The van der Waals surface area contributed by atoms with Gasteiger partial charge in [-0.05, 0) is 42.3 Å². The Balaban J connectivity index is 1.81. The molecule has 1 aliphatic rings. The number of nitrogens with one attached hydrogen (secondary N) is 1. The van der Waals surface area contributed by atoms with Crippen molar-refractivity contribution < 1.29 is 23.1 Å². The molecule has 1 aliphatic heterocycles. The van der Waals surface area contributed by atoms with Crippen LogP contribution in [-0.2, 0) is 16.9 Å². The summed E-state index contributed by atoms with van der Waals surface area (Å²) in [4.78, 5) is 26.3. The molecule has 1 saturated heterocycles. The minimum Gasteiger partial charge on any atom is -0.435 e. The molecule has 1 N–H and O–H groups in total. The van der Waals surface area contributed by atoms with Crippen LogP contribution in [0.5, 0.6) is 5.75 Å². The van der Waals surface area contributed by atoms with E-state index in [-0.39, 0.29) is 12.3 Å². The molecule has 5 nitrogen and oxygen atoms in total. The third kappa shape index (κ3) is 3.55. The van der Waals surface area contributed by atoms with Crippen LogP contribution in [0, 0.1) is 0 Å². The van der Waals surface area contributed by atoms with Gasteiger partial charge < -0.3 is 10.1 Å². The number of hydrogen-bond donors (Lipinski definition) is 1. The number of amides is 3. The molecule has 0 bridgehead atoms. The van der Waals surface area contributed by atoms with Crippen LogP contribution in [0.1, 0.15) is 18.1 Å². The monoisotopic (exact) mass is 424 g/mol. The number of urea groups is 1. The molecule has 0 aliphatic carbocycles. The predicted molar refractivity (Wildman–Crippen MR) is 93.6 cm³/mol. The van der Waals surface area contributed by atoms with E-state index in [1.807, 2.05) is 24.3 Å². The summed E-state index contributed by atoms with van der Waals surface area (Å²) in [5.74, 6) is -0.427. The van der Waals surface area contributed by atoms with E-state index in [4.69, 9.17) is 0 Å². The number of rotatable bonds is 5. The van der Waals surface area contributed by atoms with E-state index in [0.29, 0.717) is 5.56 Å². The molecule has 0 spiro atoms. The zero-order chi connectivity index (χ0) is 18.9. The predicted octanol–water partition coefficient (Wildman–Crippen LogP) is 4.02. The summed E-state index contributed by atoms with van der Waals surface area (Å²) in [5, 5.41) is 2.68. The second-order valence-electron chi connectivity index (χ2n) is 5.98. The quantitative estimate of drug-likeness (QED) is 0.737. The van der Waals surface area contributed by atoms with Gasteiger partial charge in [0.25, 0.3) is 5.91 Å². The number of alkyl halides is 2. The van der Waals surface area contributed by atoms with Crippen LogP contribution < -0.4 is 10.1 Å². The lowest BCUT2D eigenvalue weighted by Crippen LogP contribution is -2.40. The molecule has 26 heavy (non-hydrogen) atoms. The highest BCUT2D eigenvalue weighted by molar-refractivity contribution is 9.10. The topological polar surface area (TPSA) is 58.6 Å². The summed E-state index contributed by atoms with van der Waals surface area (Å²) in [7, 11) is 0. The number of carbonyl (C=O) groups is 2. The fourth-order valence-electron chi connectivity index (χ4n) is 2.78. The number of nitrogens with zero attached hydrogens (tertiary/aromatic N) is 1. The number of imide groups is 1. The maximum Gasteiger partial charge on any atom is 0.387 e. The molecule has 1 atom stereocenters. The maximum atomic E-state index is 12.9. The molecule has 8 heteroatoms. The molecule has 0 radical (unpaired) electrons. The van der Waals surface area contributed by atoms with Crippen molar-refractivity contribution in [2.45, 2.75) is 25.6 Å². The Bertz CT molecular complexity index is 827. The van der Waals surface area contributed by atoms with E-state index < -0.39 is 24.1 Å². The number of benzene rings is 2. The summed E-state index contributed by atoms with van der Waals surface area (Å²) < 4.78 is 29.7. The van der Waals surface area contributed by atoms with E-state index in [1.165, 1.54) is 24.3 Å². The maximum absolute atomic E-state index is 12.9. The van der Waals surface area contributed by atoms with Crippen molar-refractivity contribution in [2.75, 3.05) is 0 Å². The SMILES string of the molecule is C[C@]1(c2ccc(OC(F)F)cc2)NC(=O)N(Cc2ccc(Br)cc2)C1=O. The Hall–Kier alpha value is -2.48. The van der Waals surface area contributed by atoms with Gasteiger partial charge in [-0.25, -0.2) is 4.79 Å². The summed E-state index contributed by atoms with van der Waals surface area (Å²) in [6.45, 7) is -1.21. The van der Waals surface area contributed by atoms with Crippen LogP contribution in [0.3, 0.4) is 0 Å². The van der Waals surface area contributed by atoms with E-state index in [2.05, 4.69) is 26.0 Å². The number of carbonyl (C=O) groups excluding carboxylic acids is 2. The molecule has 1 fully saturated rings. The van der Waals surface area contributed by atoms with Crippen LogP contribution in [0.2, 0.25) is 0 Å². The number of hydrogen-bond acceptors (Lipinski definition) is 3. The van der Waals surface area contributed by atoms with Crippen LogP contribution in [0.4, 0.5) is 13.6 Å². The third-order valence-electron chi connectivity index (χ3n) is 4.19. The normalized spacial score (nSPS) is 19.8. The van der Waals surface area contributed by atoms with Gasteiger partial charge in [-0.15, -0.1) is 0 Å². The van der Waals surface area contributed by atoms with Crippen molar-refractivity contribution in [3.05, 3.63) is 64.1 Å². The standard InChI is InChI=1S/C18H15BrF2N2O3/c1-18(12-4-8-14(9-5-12)26-16(20)21)15(24)23(17(25)22-18)10-11-2-6-13(19)7-3-11/h2-9,16H,10H2,1H3,(H,22,25)/t18-/m1/s1. The van der Waals surface area contributed by atoms with E-state index in [1.54, 1.807) is 6.92 Å². The third-order valence-corrected chi connectivity index (χ3v) is 4.71. The average Bonchev–Trinajstić information content (AvgIpc) is 2.81. The second-order valence-corrected chi connectivity index (χ2v) is 6.89. The average molecular weight is 425 g/mol. The van der Waals surface area contributed by atoms with Crippen molar-refractivity contribution in [3.63, 3.8) is 0 Å². The number of ether oxygens (including phenoxy) is 1. The zero-order valence-electron chi connectivity index (χ0n) is 13.7. The van der Waals surface area contributed by atoms with Gasteiger partial charge >= 0.3 is 12.6 Å². The van der Waals surface area contributed by atoms with E-state index in [9.17, 15) is 18.4 Å². The van der Waals surface area contributed by atoms with Gasteiger partial charge in [0.15, 0.2) is 0 Å². The lowest BCUT2D eigenvalue weighted by Gasteiger charge is -2.22. The first-order chi connectivity index (χ1) is 12.3. The van der Waals surface area contributed by atoms with Gasteiger partial charge in [-0.1, -0.05) is 40.2 Å². The highest BCUT2D eigenvalue weighted by atomic mass is 79.9. The first-order valence-electron chi connectivity index (χ1n) is 7.73. The molecular weight excluding hydrogens is 410 g/mol. The lowest BCUT2D eigenvalue weighted by molar-refractivity contribution is -0.131. The van der Waals surface area contributed by atoms with E-state index >= 15 is 0 Å². The van der Waals surface area contributed by atoms with Gasteiger partial charge in [0.05, 0.1) is 6.54 Å². The fourth-order valence-corrected chi connectivity index (χ4v) is 3.04. The highest BCUT2D eigenvalue weighted by Gasteiger charge is 2.48. The van der Waals surface area contributed by atoms with Crippen LogP contribution >= 0.6 is 15.9 Å². The Kier molecular flexibility index (Phi) is 4.95. The minimum absolute atomic E-state index is 0.0177. The molecule has 0 aromatic heterocycles. The molecule has 1 heterocycles. The summed E-state index contributed by atoms with van der Waals surface area (Å²) >= 11 is 3.33. The van der Waals surface area contributed by atoms with Crippen molar-refractivity contribution in [1.82, 2.24) is 10.2 Å². The van der Waals surface area contributed by atoms with Gasteiger partial charge in [0.2, 0.25) is 0 Å². The van der Waals surface area contributed by atoms with Crippen molar-refractivity contribution in [2.24, 2.45) is 0 Å². The zero-order valence-corrected chi connectivity index (χ0v) is 15.3. The van der Waals surface area contributed by atoms with Crippen molar-refractivity contribution in [1.29, 1.82) is 0 Å². The smallest absolute Gasteiger partial charge is 0.387 e. The molecule has 2 aromatic carbocycles. The van der Waals surface area contributed by atoms with E-state index in [0.717, 1.165) is 14.9 Å². The summed E-state index contributed by atoms with van der Waals surface area (Å²) in [6.07, 6.45) is 0. The van der Waals surface area contributed by atoms with Crippen LogP contribution in [-0.4, -0.2) is 23.4 Å². The Morgan fingerprint density at radius 1 is 1.12 bits per heavy atom. The molecule has 136 valence electrons. The largest absolute Gasteiger partial charge is 0.435 e. The molecule has 2 aromatic rings.